The molecule has 4 heterocycles. The number of nitrogens with one attached hydrogen (secondary N) is 2. The van der Waals surface area contributed by atoms with E-state index in [1.54, 1.807) is 4.68 Å². The summed E-state index contributed by atoms with van der Waals surface area (Å²) in [7, 11) is 1.87. The van der Waals surface area contributed by atoms with Gasteiger partial charge in [-0.15, -0.1) is 0 Å². The quantitative estimate of drug-likeness (QED) is 0.226. The van der Waals surface area contributed by atoms with Crippen LogP contribution in [-0.4, -0.2) is 73.6 Å². The van der Waals surface area contributed by atoms with Gasteiger partial charge in [-0.3, -0.25) is 14.3 Å². The number of aryl methyl sites for hydroxylation is 5. The molecule has 0 saturated carbocycles. The molecule has 10 nitrogen and oxygen atoms in total. The van der Waals surface area contributed by atoms with Gasteiger partial charge in [0.15, 0.2) is 5.69 Å². The van der Waals surface area contributed by atoms with Crippen LogP contribution in [0.4, 0.5) is 17.3 Å². The average Bonchev–Trinajstić information content (AvgIpc) is 3.86. The van der Waals surface area contributed by atoms with E-state index in [4.69, 9.17) is 10.1 Å². The number of hydrogen-bond acceptors (Lipinski definition) is 7. The smallest absolute Gasteiger partial charge is 0.276 e. The predicted molar refractivity (Wildman–Crippen MR) is 189 cm³/mol. The van der Waals surface area contributed by atoms with E-state index in [0.717, 1.165) is 114 Å². The summed E-state index contributed by atoms with van der Waals surface area (Å²) in [6.45, 7) is 10.3. The molecule has 2 fully saturated rings. The van der Waals surface area contributed by atoms with Gasteiger partial charge in [-0.25, -0.2) is 9.97 Å². The second kappa shape index (κ2) is 13.5. The molecule has 0 spiro atoms. The summed E-state index contributed by atoms with van der Waals surface area (Å²) >= 11 is 0. The third kappa shape index (κ3) is 6.09. The van der Waals surface area contributed by atoms with Crippen LogP contribution in [0, 0.1) is 6.92 Å². The minimum absolute atomic E-state index is 0.115. The largest absolute Gasteiger partial charge is 0.334 e. The van der Waals surface area contributed by atoms with Crippen molar-refractivity contribution < 1.29 is 9.59 Å². The fourth-order valence-electron chi connectivity index (χ4n) is 7.75. The first kappa shape index (κ1) is 32.0. The van der Waals surface area contributed by atoms with Gasteiger partial charge >= 0.3 is 0 Å². The van der Waals surface area contributed by atoms with Crippen LogP contribution >= 0.6 is 0 Å². The number of benzene rings is 2. The molecule has 48 heavy (non-hydrogen) atoms. The topological polar surface area (TPSA) is 108 Å². The zero-order chi connectivity index (χ0) is 33.4. The number of rotatable bonds is 9. The molecule has 2 aromatic heterocycles. The lowest BCUT2D eigenvalue weighted by molar-refractivity contribution is 0.0708. The maximum atomic E-state index is 13.7. The van der Waals surface area contributed by atoms with Crippen molar-refractivity contribution in [2.24, 2.45) is 7.05 Å². The zero-order valence-corrected chi connectivity index (χ0v) is 28.6. The highest BCUT2D eigenvalue weighted by Crippen LogP contribution is 2.35. The molecule has 0 radical (unpaired) electrons. The average molecular weight is 647 g/mol. The van der Waals surface area contributed by atoms with E-state index in [1.165, 1.54) is 12.8 Å². The van der Waals surface area contributed by atoms with E-state index in [1.807, 2.05) is 44.4 Å². The Bertz CT molecular complexity index is 1840. The van der Waals surface area contributed by atoms with Gasteiger partial charge in [0.25, 0.3) is 11.8 Å². The molecule has 2 N–H and O–H groups in total. The summed E-state index contributed by atoms with van der Waals surface area (Å²) in [5.74, 6) is 0.384. The fraction of sp³-hybridized carbons (Fsp3) is 0.447. The van der Waals surface area contributed by atoms with Crippen LogP contribution in [0.3, 0.4) is 0 Å². The van der Waals surface area contributed by atoms with Crippen LogP contribution in [0.25, 0.3) is 11.4 Å². The summed E-state index contributed by atoms with van der Waals surface area (Å²) in [4.78, 5) is 41.5. The molecule has 4 aromatic rings. The fourth-order valence-corrected chi connectivity index (χ4v) is 7.75. The molecule has 2 amide bonds. The molecule has 2 saturated heterocycles. The highest BCUT2D eigenvalue weighted by Gasteiger charge is 2.32. The van der Waals surface area contributed by atoms with Crippen LogP contribution in [0.2, 0.25) is 0 Å². The second-order valence-corrected chi connectivity index (χ2v) is 13.4. The van der Waals surface area contributed by atoms with E-state index >= 15 is 0 Å². The molecule has 1 aliphatic carbocycles. The van der Waals surface area contributed by atoms with Crippen molar-refractivity contribution in [2.75, 3.05) is 36.8 Å². The monoisotopic (exact) mass is 646 g/mol. The molecule has 3 aliphatic rings. The van der Waals surface area contributed by atoms with Crippen molar-refractivity contribution in [1.29, 1.82) is 0 Å². The molecular weight excluding hydrogens is 600 g/mol. The van der Waals surface area contributed by atoms with E-state index in [9.17, 15) is 9.59 Å². The Morgan fingerprint density at radius 2 is 1.75 bits per heavy atom. The molecule has 250 valence electrons. The minimum atomic E-state index is -0.195. The Labute approximate surface area is 283 Å². The lowest BCUT2D eigenvalue weighted by Gasteiger charge is -2.28. The van der Waals surface area contributed by atoms with Crippen LogP contribution in [-0.2, 0) is 32.7 Å². The molecule has 10 heteroatoms. The van der Waals surface area contributed by atoms with Gasteiger partial charge in [0.05, 0.1) is 11.4 Å². The predicted octanol–water partition coefficient (Wildman–Crippen LogP) is 6.11. The van der Waals surface area contributed by atoms with E-state index in [-0.39, 0.29) is 11.8 Å². The summed E-state index contributed by atoms with van der Waals surface area (Å²) < 4.78 is 1.77. The van der Waals surface area contributed by atoms with Crippen molar-refractivity contribution in [3.8, 4) is 11.4 Å². The third-order valence-corrected chi connectivity index (χ3v) is 10.4. The number of likely N-dealkylation sites (tertiary alicyclic amines) is 2. The molecule has 0 bridgehead atoms. The minimum Gasteiger partial charge on any atom is -0.334 e. The van der Waals surface area contributed by atoms with Crippen molar-refractivity contribution in [2.45, 2.75) is 78.2 Å². The van der Waals surface area contributed by atoms with Crippen LogP contribution in [0.15, 0.2) is 42.6 Å². The van der Waals surface area contributed by atoms with Crippen LogP contribution < -0.4 is 10.6 Å². The molecule has 0 unspecified atom stereocenters. The van der Waals surface area contributed by atoms with Crippen molar-refractivity contribution in [3.05, 3.63) is 81.7 Å². The first-order valence-corrected chi connectivity index (χ1v) is 17.6. The van der Waals surface area contributed by atoms with E-state index in [2.05, 4.69) is 51.4 Å². The van der Waals surface area contributed by atoms with Gasteiger partial charge < -0.3 is 20.4 Å². The van der Waals surface area contributed by atoms with Gasteiger partial charge in [-0.05, 0) is 112 Å². The summed E-state index contributed by atoms with van der Waals surface area (Å²) in [6.07, 6.45) is 9.62. The Kier molecular flexibility index (Phi) is 9.00. The number of nitrogens with zero attached hydrogens (tertiary/aromatic N) is 6. The van der Waals surface area contributed by atoms with Gasteiger partial charge in [-0.2, -0.15) is 5.10 Å². The van der Waals surface area contributed by atoms with E-state index < -0.39 is 0 Å². The number of para-hydroxylation sites is 1. The lowest BCUT2D eigenvalue weighted by atomic mass is 9.93. The standard InChI is InChI=1S/C38H46N8O2/c1-5-25-11-9-12-26(6-2)32(25)41-36(47)34-30-16-14-28-22-39-38(42-33(28)35(30)44(4)43-34)40-31-17-15-27(21-24(31)3)37(48)46-20-10-13-29(46)23-45-18-7-8-19-45/h9,11-12,15,17,21-22,29H,5-8,10,13-14,16,18-20,23H2,1-4H3,(H,41,47)(H,39,40,42)/t29-/m1/s1. The molecule has 2 aromatic carbocycles. The first-order valence-electron chi connectivity index (χ1n) is 17.6. The van der Waals surface area contributed by atoms with Gasteiger partial charge in [0.1, 0.15) is 0 Å². The maximum absolute atomic E-state index is 13.7. The highest BCUT2D eigenvalue weighted by molar-refractivity contribution is 6.06. The Hall–Kier alpha value is -4.57. The molecule has 7 rings (SSSR count). The third-order valence-electron chi connectivity index (χ3n) is 10.4. The Morgan fingerprint density at radius 1 is 0.979 bits per heavy atom. The summed E-state index contributed by atoms with van der Waals surface area (Å²) in [6, 6.07) is 12.3. The van der Waals surface area contributed by atoms with Crippen molar-refractivity contribution >= 4 is 29.1 Å². The number of amides is 2. The van der Waals surface area contributed by atoms with Gasteiger partial charge in [0.2, 0.25) is 5.95 Å². The van der Waals surface area contributed by atoms with Gasteiger partial charge in [0, 0.05) is 54.9 Å². The number of fused-ring (bicyclic) bond motifs is 3. The lowest BCUT2D eigenvalue weighted by Crippen LogP contribution is -2.42. The Balaban J connectivity index is 1.10. The molecule has 1 atom stereocenters. The zero-order valence-electron chi connectivity index (χ0n) is 28.6. The number of carbonyl (C=O) groups excluding carboxylic acids is 2. The normalized spacial score (nSPS) is 17.3. The molecular formula is C38H46N8O2. The SMILES string of the molecule is CCc1cccc(CC)c1NC(=O)c1nn(C)c2c1CCc1cnc(Nc3ccc(C(=O)N4CCC[C@@H]4CN4CCCC4)cc3C)nc1-2. The number of hydrogen-bond donors (Lipinski definition) is 2. The van der Waals surface area contributed by atoms with Crippen molar-refractivity contribution in [3.63, 3.8) is 0 Å². The summed E-state index contributed by atoms with van der Waals surface area (Å²) in [5, 5.41) is 11.3. The van der Waals surface area contributed by atoms with Crippen molar-refractivity contribution in [1.82, 2.24) is 29.5 Å². The second-order valence-electron chi connectivity index (χ2n) is 13.4. The molecule has 2 aliphatic heterocycles. The number of aromatic nitrogens is 4. The summed E-state index contributed by atoms with van der Waals surface area (Å²) in [5.41, 5.74) is 9.65. The Morgan fingerprint density at radius 3 is 2.48 bits per heavy atom. The first-order chi connectivity index (χ1) is 23.3. The highest BCUT2D eigenvalue weighted by atomic mass is 16.2. The van der Waals surface area contributed by atoms with Gasteiger partial charge in [-0.1, -0.05) is 32.0 Å². The van der Waals surface area contributed by atoms with Crippen LogP contribution in [0.5, 0.6) is 0 Å². The number of carbonyl (C=O) groups is 2. The maximum Gasteiger partial charge on any atom is 0.276 e. The number of anilines is 3. The van der Waals surface area contributed by atoms with Crippen LogP contribution in [0.1, 0.15) is 88.2 Å². The van der Waals surface area contributed by atoms with E-state index in [0.29, 0.717) is 24.1 Å².